The Morgan fingerprint density at radius 2 is 2.33 bits per heavy atom. The lowest BCUT2D eigenvalue weighted by molar-refractivity contribution is -0.135. The SMILES string of the molecule is COc1cccc(/C=C/N2CCC2=O)c1. The van der Waals surface area contributed by atoms with E-state index in [1.165, 1.54) is 0 Å². The number of carbonyl (C=O) groups is 1. The van der Waals surface area contributed by atoms with Crippen LogP contribution >= 0.6 is 0 Å². The maximum atomic E-state index is 11.0. The molecule has 1 fully saturated rings. The summed E-state index contributed by atoms with van der Waals surface area (Å²) in [6, 6.07) is 7.73. The quantitative estimate of drug-likeness (QED) is 0.702. The van der Waals surface area contributed by atoms with Crippen molar-refractivity contribution < 1.29 is 9.53 Å². The van der Waals surface area contributed by atoms with E-state index in [1.54, 1.807) is 12.0 Å². The third-order valence-corrected chi connectivity index (χ3v) is 2.43. The van der Waals surface area contributed by atoms with E-state index < -0.39 is 0 Å². The smallest absolute Gasteiger partial charge is 0.228 e. The van der Waals surface area contributed by atoms with Crippen molar-refractivity contribution in [2.45, 2.75) is 6.42 Å². The fourth-order valence-electron chi connectivity index (χ4n) is 1.41. The maximum absolute atomic E-state index is 11.0. The second-order valence-corrected chi connectivity index (χ2v) is 3.43. The third-order valence-electron chi connectivity index (χ3n) is 2.43. The minimum atomic E-state index is 0.189. The summed E-state index contributed by atoms with van der Waals surface area (Å²) in [7, 11) is 1.64. The number of nitrogens with zero attached hydrogens (tertiary/aromatic N) is 1. The lowest BCUT2D eigenvalue weighted by Crippen LogP contribution is -2.38. The molecule has 0 aromatic heterocycles. The number of rotatable bonds is 3. The molecule has 1 aromatic rings. The van der Waals surface area contributed by atoms with E-state index >= 15 is 0 Å². The van der Waals surface area contributed by atoms with E-state index in [-0.39, 0.29) is 5.91 Å². The predicted molar refractivity (Wildman–Crippen MR) is 58.4 cm³/mol. The van der Waals surface area contributed by atoms with Gasteiger partial charge >= 0.3 is 0 Å². The topological polar surface area (TPSA) is 29.5 Å². The van der Waals surface area contributed by atoms with E-state index in [9.17, 15) is 4.79 Å². The van der Waals surface area contributed by atoms with Crippen LogP contribution in [0, 0.1) is 0 Å². The Morgan fingerprint density at radius 1 is 1.47 bits per heavy atom. The van der Waals surface area contributed by atoms with Gasteiger partial charge in [0, 0.05) is 19.2 Å². The Bertz CT molecular complexity index is 398. The molecule has 1 saturated heterocycles. The predicted octanol–water partition coefficient (Wildman–Crippen LogP) is 1.90. The molecule has 3 heteroatoms. The van der Waals surface area contributed by atoms with Gasteiger partial charge < -0.3 is 9.64 Å². The molecule has 3 nitrogen and oxygen atoms in total. The third kappa shape index (κ3) is 2.18. The second-order valence-electron chi connectivity index (χ2n) is 3.43. The Hall–Kier alpha value is -1.77. The first-order valence-corrected chi connectivity index (χ1v) is 4.91. The van der Waals surface area contributed by atoms with Gasteiger partial charge in [-0.2, -0.15) is 0 Å². The van der Waals surface area contributed by atoms with E-state index in [0.29, 0.717) is 6.42 Å². The minimum absolute atomic E-state index is 0.189. The largest absolute Gasteiger partial charge is 0.497 e. The van der Waals surface area contributed by atoms with Crippen molar-refractivity contribution in [2.75, 3.05) is 13.7 Å². The summed E-state index contributed by atoms with van der Waals surface area (Å²) in [6.45, 7) is 0.833. The molecule has 1 aliphatic rings. The normalized spacial score (nSPS) is 15.5. The molecule has 0 radical (unpaired) electrons. The number of carbonyl (C=O) groups excluding carboxylic acids is 1. The van der Waals surface area contributed by atoms with Crippen LogP contribution in [0.2, 0.25) is 0 Å². The molecule has 0 spiro atoms. The lowest BCUT2D eigenvalue weighted by Gasteiger charge is -2.26. The Balaban J connectivity index is 2.06. The molecule has 0 bridgehead atoms. The number of methoxy groups -OCH3 is 1. The summed E-state index contributed by atoms with van der Waals surface area (Å²) in [6.07, 6.45) is 4.41. The molecule has 1 aromatic carbocycles. The maximum Gasteiger partial charge on any atom is 0.228 e. The number of benzene rings is 1. The monoisotopic (exact) mass is 203 g/mol. The van der Waals surface area contributed by atoms with Crippen molar-refractivity contribution in [1.82, 2.24) is 4.90 Å². The number of likely N-dealkylation sites (tertiary alicyclic amines) is 1. The van der Waals surface area contributed by atoms with Gasteiger partial charge in [0.15, 0.2) is 0 Å². The van der Waals surface area contributed by atoms with Gasteiger partial charge in [-0.25, -0.2) is 0 Å². The number of hydrogen-bond donors (Lipinski definition) is 0. The number of ether oxygens (including phenoxy) is 1. The molecule has 2 rings (SSSR count). The van der Waals surface area contributed by atoms with E-state index in [4.69, 9.17) is 4.74 Å². The van der Waals surface area contributed by atoms with Crippen molar-refractivity contribution in [1.29, 1.82) is 0 Å². The lowest BCUT2D eigenvalue weighted by atomic mass is 10.2. The Kier molecular flexibility index (Phi) is 2.72. The van der Waals surface area contributed by atoms with Gasteiger partial charge in [-0.05, 0) is 23.8 Å². The fraction of sp³-hybridized carbons (Fsp3) is 0.250. The van der Waals surface area contributed by atoms with Gasteiger partial charge in [0.05, 0.1) is 7.11 Å². The van der Waals surface area contributed by atoms with Gasteiger partial charge in [-0.3, -0.25) is 4.79 Å². The number of β-lactam (4-membered cyclic amide) rings is 1. The Morgan fingerprint density at radius 3 is 2.93 bits per heavy atom. The van der Waals surface area contributed by atoms with Gasteiger partial charge in [-0.1, -0.05) is 12.1 Å². The first-order valence-electron chi connectivity index (χ1n) is 4.91. The van der Waals surface area contributed by atoms with Crippen LogP contribution in [0.5, 0.6) is 5.75 Å². The van der Waals surface area contributed by atoms with Crippen molar-refractivity contribution in [3.8, 4) is 5.75 Å². The highest BCUT2D eigenvalue weighted by atomic mass is 16.5. The average Bonchev–Trinajstić information content (AvgIpc) is 2.27. The fourth-order valence-corrected chi connectivity index (χ4v) is 1.41. The van der Waals surface area contributed by atoms with E-state index in [1.807, 2.05) is 36.5 Å². The molecule has 1 heterocycles. The van der Waals surface area contributed by atoms with Crippen LogP contribution in [0.3, 0.4) is 0 Å². The van der Waals surface area contributed by atoms with Crippen molar-refractivity contribution in [3.63, 3.8) is 0 Å². The minimum Gasteiger partial charge on any atom is -0.497 e. The molecule has 1 aliphatic heterocycles. The van der Waals surface area contributed by atoms with Crippen LogP contribution in [-0.2, 0) is 4.79 Å². The zero-order chi connectivity index (χ0) is 10.7. The molecule has 0 aliphatic carbocycles. The molecule has 0 saturated carbocycles. The molecule has 1 amide bonds. The van der Waals surface area contributed by atoms with Crippen molar-refractivity contribution >= 4 is 12.0 Å². The first kappa shape index (κ1) is 9.77. The summed E-state index contributed by atoms with van der Waals surface area (Å²) in [5.41, 5.74) is 1.04. The number of hydrogen-bond acceptors (Lipinski definition) is 2. The highest BCUT2D eigenvalue weighted by Gasteiger charge is 2.20. The van der Waals surface area contributed by atoms with Crippen molar-refractivity contribution in [3.05, 3.63) is 36.0 Å². The molecule has 0 unspecified atom stereocenters. The summed E-state index contributed by atoms with van der Waals surface area (Å²) in [4.78, 5) is 12.7. The van der Waals surface area contributed by atoms with E-state index in [0.717, 1.165) is 17.9 Å². The van der Waals surface area contributed by atoms with Crippen LogP contribution in [0.15, 0.2) is 30.5 Å². The van der Waals surface area contributed by atoms with Crippen LogP contribution in [0.4, 0.5) is 0 Å². The van der Waals surface area contributed by atoms with Crippen LogP contribution in [0.25, 0.3) is 6.08 Å². The number of amides is 1. The van der Waals surface area contributed by atoms with Gasteiger partial charge in [-0.15, -0.1) is 0 Å². The average molecular weight is 203 g/mol. The van der Waals surface area contributed by atoms with Crippen LogP contribution < -0.4 is 4.74 Å². The molecule has 15 heavy (non-hydrogen) atoms. The highest BCUT2D eigenvalue weighted by molar-refractivity contribution is 5.83. The summed E-state index contributed by atoms with van der Waals surface area (Å²) in [5.74, 6) is 1.02. The van der Waals surface area contributed by atoms with Gasteiger partial charge in [0.1, 0.15) is 5.75 Å². The molecule has 78 valence electrons. The Labute approximate surface area is 89.0 Å². The van der Waals surface area contributed by atoms with Gasteiger partial charge in [0.25, 0.3) is 0 Å². The summed E-state index contributed by atoms with van der Waals surface area (Å²) in [5, 5.41) is 0. The van der Waals surface area contributed by atoms with Crippen LogP contribution in [0.1, 0.15) is 12.0 Å². The molecule has 0 N–H and O–H groups in total. The zero-order valence-electron chi connectivity index (χ0n) is 8.64. The standard InChI is InChI=1S/C12H13NO2/c1-15-11-4-2-3-10(9-11)5-7-13-8-6-12(13)14/h2-5,7,9H,6,8H2,1H3/b7-5+. The zero-order valence-corrected chi connectivity index (χ0v) is 8.64. The molecular formula is C12H13NO2. The van der Waals surface area contributed by atoms with Crippen molar-refractivity contribution in [2.24, 2.45) is 0 Å². The van der Waals surface area contributed by atoms with E-state index in [2.05, 4.69) is 0 Å². The molecular weight excluding hydrogens is 190 g/mol. The van der Waals surface area contributed by atoms with Gasteiger partial charge in [0.2, 0.25) is 5.91 Å². The molecule has 0 atom stereocenters. The first-order chi connectivity index (χ1) is 7.29. The van der Waals surface area contributed by atoms with Crippen LogP contribution in [-0.4, -0.2) is 24.5 Å². The second kappa shape index (κ2) is 4.17. The summed E-state index contributed by atoms with van der Waals surface area (Å²) < 4.78 is 5.11. The summed E-state index contributed by atoms with van der Waals surface area (Å²) >= 11 is 0. The highest BCUT2D eigenvalue weighted by Crippen LogP contribution is 2.15.